The van der Waals surface area contributed by atoms with Gasteiger partial charge in [0, 0.05) is 22.9 Å². The van der Waals surface area contributed by atoms with Gasteiger partial charge < -0.3 is 9.63 Å². The number of carboxylic acid groups (broad SMARTS) is 1. The average molecular weight is 313 g/mol. The molecule has 7 heteroatoms. The summed E-state index contributed by atoms with van der Waals surface area (Å²) in [5.41, 5.74) is 0.283. The molecule has 1 aromatic heterocycles. The van der Waals surface area contributed by atoms with Crippen molar-refractivity contribution in [3.05, 3.63) is 46.3 Å². The van der Waals surface area contributed by atoms with E-state index in [0.717, 1.165) is 0 Å². The molecule has 112 valence electrons. The molecule has 0 radical (unpaired) electrons. The van der Waals surface area contributed by atoms with Crippen LogP contribution in [0, 0.1) is 11.7 Å². The fourth-order valence-electron chi connectivity index (χ4n) is 1.81. The van der Waals surface area contributed by atoms with E-state index in [0.29, 0.717) is 0 Å². The molecule has 21 heavy (non-hydrogen) atoms. The van der Waals surface area contributed by atoms with E-state index in [1.165, 1.54) is 12.1 Å². The van der Waals surface area contributed by atoms with Crippen LogP contribution in [0.1, 0.15) is 37.0 Å². The van der Waals surface area contributed by atoms with Crippen molar-refractivity contribution in [3.8, 4) is 0 Å². The monoisotopic (exact) mass is 312 g/mol. The predicted molar refractivity (Wildman–Crippen MR) is 73.7 cm³/mol. The second-order valence-corrected chi connectivity index (χ2v) is 5.25. The molecule has 0 aliphatic heterocycles. The third kappa shape index (κ3) is 3.39. The summed E-state index contributed by atoms with van der Waals surface area (Å²) in [5.74, 6) is -2.00. The van der Waals surface area contributed by atoms with E-state index in [4.69, 9.17) is 21.2 Å². The lowest BCUT2D eigenvalue weighted by molar-refractivity contribution is -0.141. The van der Waals surface area contributed by atoms with E-state index in [1.54, 1.807) is 19.9 Å². The molecule has 1 aromatic carbocycles. The van der Waals surface area contributed by atoms with Crippen LogP contribution in [-0.4, -0.2) is 21.2 Å². The Balaban J connectivity index is 2.19. The van der Waals surface area contributed by atoms with Crippen molar-refractivity contribution >= 4 is 17.6 Å². The van der Waals surface area contributed by atoms with Crippen molar-refractivity contribution < 1.29 is 18.8 Å². The Bertz CT molecular complexity index is 639. The second kappa shape index (κ2) is 6.22. The van der Waals surface area contributed by atoms with Crippen molar-refractivity contribution in [3.63, 3.8) is 0 Å². The van der Waals surface area contributed by atoms with Crippen LogP contribution in [0.5, 0.6) is 0 Å². The summed E-state index contributed by atoms with van der Waals surface area (Å²) in [6.45, 7) is 3.25. The number of halogens is 2. The molecule has 2 atom stereocenters. The van der Waals surface area contributed by atoms with Gasteiger partial charge in [-0.15, -0.1) is 0 Å². The maximum atomic E-state index is 13.7. The van der Waals surface area contributed by atoms with Crippen LogP contribution in [-0.2, 0) is 11.2 Å². The number of rotatable bonds is 5. The Morgan fingerprint density at radius 2 is 2.19 bits per heavy atom. The lowest BCUT2D eigenvalue weighted by atomic mass is 9.96. The summed E-state index contributed by atoms with van der Waals surface area (Å²) < 4.78 is 18.7. The topological polar surface area (TPSA) is 76.2 Å². The van der Waals surface area contributed by atoms with E-state index in [9.17, 15) is 9.18 Å². The van der Waals surface area contributed by atoms with E-state index < -0.39 is 23.6 Å². The zero-order chi connectivity index (χ0) is 15.6. The molecule has 0 saturated heterocycles. The van der Waals surface area contributed by atoms with Gasteiger partial charge in [-0.2, -0.15) is 4.98 Å². The minimum Gasteiger partial charge on any atom is -0.481 e. The first-order valence-electron chi connectivity index (χ1n) is 6.38. The quantitative estimate of drug-likeness (QED) is 0.917. The smallest absolute Gasteiger partial charge is 0.307 e. The highest BCUT2D eigenvalue weighted by atomic mass is 35.5. The minimum atomic E-state index is -0.945. The third-order valence-corrected chi connectivity index (χ3v) is 3.76. The maximum Gasteiger partial charge on any atom is 0.307 e. The summed E-state index contributed by atoms with van der Waals surface area (Å²) in [6.07, 6.45) is 0.0865. The molecule has 0 fully saturated rings. The number of carbonyl (C=O) groups is 1. The highest BCUT2D eigenvalue weighted by Gasteiger charge is 2.26. The number of nitrogens with zero attached hydrogens (tertiary/aromatic N) is 2. The predicted octanol–water partition coefficient (Wildman–Crippen LogP) is 3.28. The van der Waals surface area contributed by atoms with Crippen LogP contribution in [0.4, 0.5) is 4.39 Å². The van der Waals surface area contributed by atoms with Crippen LogP contribution < -0.4 is 0 Å². The number of carboxylic acids is 1. The molecular formula is C14H14ClFN2O3. The van der Waals surface area contributed by atoms with E-state index in [-0.39, 0.29) is 28.7 Å². The lowest BCUT2D eigenvalue weighted by Crippen LogP contribution is -2.16. The molecule has 0 aliphatic rings. The SMILES string of the molecule is CC(C(=O)O)C(C)c1nc(Cc2c(F)cccc2Cl)no1. The number of hydrogen-bond acceptors (Lipinski definition) is 4. The van der Waals surface area contributed by atoms with Gasteiger partial charge in [-0.25, -0.2) is 4.39 Å². The molecule has 1 N–H and O–H groups in total. The number of benzene rings is 1. The van der Waals surface area contributed by atoms with Crippen molar-refractivity contribution in [2.24, 2.45) is 5.92 Å². The van der Waals surface area contributed by atoms with Gasteiger partial charge in [-0.1, -0.05) is 36.7 Å². The molecule has 2 rings (SSSR count). The highest BCUT2D eigenvalue weighted by Crippen LogP contribution is 2.25. The van der Waals surface area contributed by atoms with E-state index in [1.807, 2.05) is 0 Å². The average Bonchev–Trinajstić information content (AvgIpc) is 2.90. The number of hydrogen-bond donors (Lipinski definition) is 1. The maximum absolute atomic E-state index is 13.7. The molecule has 0 bridgehead atoms. The van der Waals surface area contributed by atoms with Crippen LogP contribution in [0.2, 0.25) is 5.02 Å². The Morgan fingerprint density at radius 3 is 2.81 bits per heavy atom. The van der Waals surface area contributed by atoms with Gasteiger partial charge in [0.2, 0.25) is 5.89 Å². The standard InChI is InChI=1S/C14H14ClFN2O3/c1-7(8(2)14(19)20)13-17-12(18-21-13)6-9-10(15)4-3-5-11(9)16/h3-5,7-8H,6H2,1-2H3,(H,19,20). The van der Waals surface area contributed by atoms with Gasteiger partial charge in [0.1, 0.15) is 5.82 Å². The summed E-state index contributed by atoms with van der Waals surface area (Å²) in [7, 11) is 0. The second-order valence-electron chi connectivity index (χ2n) is 4.84. The van der Waals surface area contributed by atoms with E-state index in [2.05, 4.69) is 10.1 Å². The van der Waals surface area contributed by atoms with Gasteiger partial charge in [0.25, 0.3) is 0 Å². The van der Waals surface area contributed by atoms with E-state index >= 15 is 0 Å². The summed E-state index contributed by atoms with van der Waals surface area (Å²) in [5, 5.41) is 13.0. The Kier molecular flexibility index (Phi) is 4.57. The molecule has 2 aromatic rings. The molecule has 0 saturated carbocycles. The summed E-state index contributed by atoms with van der Waals surface area (Å²) in [4.78, 5) is 15.1. The van der Waals surface area contributed by atoms with Crippen molar-refractivity contribution in [2.45, 2.75) is 26.2 Å². The normalized spacial score (nSPS) is 13.9. The fraction of sp³-hybridized carbons (Fsp3) is 0.357. The molecule has 2 unspecified atom stereocenters. The minimum absolute atomic E-state index is 0.0865. The van der Waals surface area contributed by atoms with Gasteiger partial charge in [0.15, 0.2) is 5.82 Å². The highest BCUT2D eigenvalue weighted by molar-refractivity contribution is 6.31. The number of aromatic nitrogens is 2. The zero-order valence-corrected chi connectivity index (χ0v) is 12.3. The van der Waals surface area contributed by atoms with Crippen molar-refractivity contribution in [1.82, 2.24) is 10.1 Å². The number of aliphatic carboxylic acids is 1. The van der Waals surface area contributed by atoms with Gasteiger partial charge >= 0.3 is 5.97 Å². The third-order valence-electron chi connectivity index (χ3n) is 3.41. The first kappa shape index (κ1) is 15.4. The van der Waals surface area contributed by atoms with Crippen LogP contribution in [0.15, 0.2) is 22.7 Å². The molecule has 1 heterocycles. The first-order valence-corrected chi connectivity index (χ1v) is 6.76. The Labute approximate surface area is 125 Å². The van der Waals surface area contributed by atoms with Gasteiger partial charge in [0.05, 0.1) is 5.92 Å². The van der Waals surface area contributed by atoms with Crippen molar-refractivity contribution in [2.75, 3.05) is 0 Å². The summed E-state index contributed by atoms with van der Waals surface area (Å²) >= 11 is 5.94. The van der Waals surface area contributed by atoms with Gasteiger partial charge in [-0.3, -0.25) is 4.79 Å². The largest absolute Gasteiger partial charge is 0.481 e. The van der Waals surface area contributed by atoms with Crippen LogP contribution >= 0.6 is 11.6 Å². The lowest BCUT2D eigenvalue weighted by Gasteiger charge is -2.10. The molecule has 0 spiro atoms. The molecule has 0 amide bonds. The van der Waals surface area contributed by atoms with Crippen LogP contribution in [0.3, 0.4) is 0 Å². The van der Waals surface area contributed by atoms with Crippen molar-refractivity contribution in [1.29, 1.82) is 0 Å². The van der Waals surface area contributed by atoms with Crippen LogP contribution in [0.25, 0.3) is 0 Å². The molecule has 0 aliphatic carbocycles. The molecular weight excluding hydrogens is 299 g/mol. The van der Waals surface area contributed by atoms with Gasteiger partial charge in [-0.05, 0) is 12.1 Å². The fourth-order valence-corrected chi connectivity index (χ4v) is 2.04. The molecule has 5 nitrogen and oxygen atoms in total. The zero-order valence-electron chi connectivity index (χ0n) is 11.5. The Hall–Kier alpha value is -1.95. The first-order chi connectivity index (χ1) is 9.90. The Morgan fingerprint density at radius 1 is 1.48 bits per heavy atom. The summed E-state index contributed by atoms with van der Waals surface area (Å²) in [6, 6.07) is 4.40.